The zero-order valence-corrected chi connectivity index (χ0v) is 11.7. The molecule has 1 aromatic carbocycles. The van der Waals surface area contributed by atoms with Gasteiger partial charge in [0.2, 0.25) is 5.91 Å². The molecule has 104 valence electrons. The number of nitrogen functional groups attached to an aromatic ring is 1. The molecular weight excluding hydrogens is 238 g/mol. The molecule has 0 unspecified atom stereocenters. The van der Waals surface area contributed by atoms with Gasteiger partial charge in [-0.25, -0.2) is 0 Å². The molecule has 1 fully saturated rings. The number of hydrogen-bond acceptors (Lipinski definition) is 3. The quantitative estimate of drug-likeness (QED) is 0.769. The first-order valence-corrected chi connectivity index (χ1v) is 6.89. The molecule has 1 aromatic rings. The average molecular weight is 261 g/mol. The van der Waals surface area contributed by atoms with E-state index in [4.69, 9.17) is 11.5 Å². The van der Waals surface area contributed by atoms with Crippen LogP contribution in [0.3, 0.4) is 0 Å². The molecule has 4 nitrogen and oxygen atoms in total. The van der Waals surface area contributed by atoms with Gasteiger partial charge in [0.1, 0.15) is 0 Å². The van der Waals surface area contributed by atoms with Crippen molar-refractivity contribution in [3.63, 3.8) is 0 Å². The van der Waals surface area contributed by atoms with Gasteiger partial charge in [0.25, 0.3) is 0 Å². The van der Waals surface area contributed by atoms with E-state index in [0.717, 1.165) is 18.7 Å². The van der Waals surface area contributed by atoms with Crippen molar-refractivity contribution in [3.8, 4) is 0 Å². The minimum Gasteiger partial charge on any atom is -0.398 e. The lowest BCUT2D eigenvalue weighted by Crippen LogP contribution is -2.29. The van der Waals surface area contributed by atoms with Gasteiger partial charge in [0.05, 0.1) is 0 Å². The van der Waals surface area contributed by atoms with Crippen molar-refractivity contribution < 1.29 is 4.79 Å². The maximum absolute atomic E-state index is 11.1. The van der Waals surface area contributed by atoms with Crippen molar-refractivity contribution in [2.75, 3.05) is 12.3 Å². The fraction of sp³-hybridized carbons (Fsp3) is 0.533. The second-order valence-corrected chi connectivity index (χ2v) is 5.83. The maximum atomic E-state index is 11.1. The van der Waals surface area contributed by atoms with E-state index in [-0.39, 0.29) is 0 Å². The van der Waals surface area contributed by atoms with Crippen LogP contribution in [0.5, 0.6) is 0 Å². The molecule has 0 saturated heterocycles. The Balaban J connectivity index is 2.10. The molecule has 0 atom stereocenters. The van der Waals surface area contributed by atoms with Crippen LogP contribution in [0.4, 0.5) is 5.69 Å². The number of primary amides is 1. The van der Waals surface area contributed by atoms with E-state index in [1.165, 1.54) is 12.8 Å². The number of rotatable bonds is 6. The predicted octanol–water partition coefficient (Wildman–Crippen LogP) is 1.99. The minimum atomic E-state index is -0.431. The van der Waals surface area contributed by atoms with Crippen LogP contribution >= 0.6 is 0 Å². The van der Waals surface area contributed by atoms with E-state index in [1.54, 1.807) is 12.1 Å². The molecular formula is C15H23N3O. The largest absolute Gasteiger partial charge is 0.398 e. The van der Waals surface area contributed by atoms with Crippen LogP contribution in [0.1, 0.15) is 42.6 Å². The molecule has 2 rings (SSSR count). The van der Waals surface area contributed by atoms with E-state index in [0.29, 0.717) is 23.2 Å². The monoisotopic (exact) mass is 261 g/mol. The Hall–Kier alpha value is -1.55. The van der Waals surface area contributed by atoms with Crippen molar-refractivity contribution in [1.82, 2.24) is 4.90 Å². The lowest BCUT2D eigenvalue weighted by Gasteiger charge is -2.24. The first kappa shape index (κ1) is 13.9. The van der Waals surface area contributed by atoms with Gasteiger partial charge in [0, 0.05) is 30.4 Å². The summed E-state index contributed by atoms with van der Waals surface area (Å²) in [5, 5.41) is 0. The Labute approximate surface area is 114 Å². The summed E-state index contributed by atoms with van der Waals surface area (Å²) in [5.74, 6) is 0.214. The molecule has 1 saturated carbocycles. The summed E-state index contributed by atoms with van der Waals surface area (Å²) in [6.07, 6.45) is 2.57. The molecule has 0 aromatic heterocycles. The van der Waals surface area contributed by atoms with E-state index < -0.39 is 5.91 Å². The molecule has 1 aliphatic rings. The first-order valence-electron chi connectivity index (χ1n) is 6.89. The number of hydrogen-bond donors (Lipinski definition) is 2. The fourth-order valence-corrected chi connectivity index (χ4v) is 2.36. The Morgan fingerprint density at radius 1 is 1.42 bits per heavy atom. The van der Waals surface area contributed by atoms with Crippen molar-refractivity contribution in [2.45, 2.75) is 39.3 Å². The van der Waals surface area contributed by atoms with Crippen molar-refractivity contribution in [3.05, 3.63) is 29.3 Å². The molecule has 0 heterocycles. The first-order chi connectivity index (χ1) is 8.97. The number of anilines is 1. The van der Waals surface area contributed by atoms with Gasteiger partial charge in [-0.1, -0.05) is 19.9 Å². The summed E-state index contributed by atoms with van der Waals surface area (Å²) in [4.78, 5) is 13.6. The summed E-state index contributed by atoms with van der Waals surface area (Å²) in [6, 6.07) is 6.06. The third-order valence-corrected chi connectivity index (χ3v) is 3.47. The molecule has 0 bridgehead atoms. The Bertz CT molecular complexity index is 466. The zero-order valence-electron chi connectivity index (χ0n) is 11.7. The van der Waals surface area contributed by atoms with Crippen LogP contribution in [-0.4, -0.2) is 23.4 Å². The predicted molar refractivity (Wildman–Crippen MR) is 77.6 cm³/mol. The number of carbonyl (C=O) groups excluding carboxylic acids is 1. The number of nitrogens with two attached hydrogens (primary N) is 2. The lowest BCUT2D eigenvalue weighted by atomic mass is 10.1. The second-order valence-electron chi connectivity index (χ2n) is 5.83. The van der Waals surface area contributed by atoms with Gasteiger partial charge in [0.15, 0.2) is 0 Å². The van der Waals surface area contributed by atoms with Crippen LogP contribution in [0.2, 0.25) is 0 Å². The van der Waals surface area contributed by atoms with Gasteiger partial charge in [-0.3, -0.25) is 9.69 Å². The number of amides is 1. The Kier molecular flexibility index (Phi) is 4.10. The molecule has 4 heteroatoms. The zero-order chi connectivity index (χ0) is 14.0. The topological polar surface area (TPSA) is 72.3 Å². The number of nitrogens with zero attached hydrogens (tertiary/aromatic N) is 1. The normalized spacial score (nSPS) is 15.2. The van der Waals surface area contributed by atoms with Gasteiger partial charge >= 0.3 is 0 Å². The third kappa shape index (κ3) is 3.70. The molecule has 1 aliphatic carbocycles. The van der Waals surface area contributed by atoms with Gasteiger partial charge < -0.3 is 11.5 Å². The van der Waals surface area contributed by atoms with Gasteiger partial charge in [-0.15, -0.1) is 0 Å². The summed E-state index contributed by atoms with van der Waals surface area (Å²) < 4.78 is 0. The lowest BCUT2D eigenvalue weighted by molar-refractivity contribution is 0.100. The summed E-state index contributed by atoms with van der Waals surface area (Å²) in [5.41, 5.74) is 13.5. The fourth-order valence-electron chi connectivity index (χ4n) is 2.36. The standard InChI is InChI=1S/C15H23N3O/c1-10(2)8-18(13-5-6-13)9-12-4-3-11(15(17)19)7-14(12)16/h3-4,7,10,13H,5-6,8-9,16H2,1-2H3,(H2,17,19). The van der Waals surface area contributed by atoms with E-state index in [1.807, 2.05) is 6.07 Å². The molecule has 19 heavy (non-hydrogen) atoms. The molecule has 0 spiro atoms. The van der Waals surface area contributed by atoms with Crippen LogP contribution < -0.4 is 11.5 Å². The van der Waals surface area contributed by atoms with Crippen LogP contribution in [0.25, 0.3) is 0 Å². The molecule has 0 aliphatic heterocycles. The van der Waals surface area contributed by atoms with Gasteiger partial charge in [-0.2, -0.15) is 0 Å². The van der Waals surface area contributed by atoms with E-state index in [2.05, 4.69) is 18.7 Å². The third-order valence-electron chi connectivity index (χ3n) is 3.47. The van der Waals surface area contributed by atoms with Crippen molar-refractivity contribution >= 4 is 11.6 Å². The average Bonchev–Trinajstić information content (AvgIpc) is 3.13. The summed E-state index contributed by atoms with van der Waals surface area (Å²) in [6.45, 7) is 6.40. The Morgan fingerprint density at radius 2 is 2.11 bits per heavy atom. The maximum Gasteiger partial charge on any atom is 0.248 e. The summed E-state index contributed by atoms with van der Waals surface area (Å²) in [7, 11) is 0. The van der Waals surface area contributed by atoms with E-state index >= 15 is 0 Å². The number of benzene rings is 1. The second kappa shape index (κ2) is 5.61. The molecule has 1 amide bonds. The van der Waals surface area contributed by atoms with Crippen LogP contribution in [0.15, 0.2) is 18.2 Å². The van der Waals surface area contributed by atoms with E-state index in [9.17, 15) is 4.79 Å². The molecule has 4 N–H and O–H groups in total. The Morgan fingerprint density at radius 3 is 2.58 bits per heavy atom. The number of carbonyl (C=O) groups is 1. The molecule has 0 radical (unpaired) electrons. The van der Waals surface area contributed by atoms with Gasteiger partial charge in [-0.05, 0) is 36.5 Å². The van der Waals surface area contributed by atoms with Crippen LogP contribution in [-0.2, 0) is 6.54 Å². The SMILES string of the molecule is CC(C)CN(Cc1ccc(C(N)=O)cc1N)C1CC1. The highest BCUT2D eigenvalue weighted by Gasteiger charge is 2.29. The highest BCUT2D eigenvalue weighted by Crippen LogP contribution is 2.30. The van der Waals surface area contributed by atoms with Crippen molar-refractivity contribution in [1.29, 1.82) is 0 Å². The minimum absolute atomic E-state index is 0.431. The smallest absolute Gasteiger partial charge is 0.248 e. The van der Waals surface area contributed by atoms with Crippen LogP contribution in [0, 0.1) is 5.92 Å². The highest BCUT2D eigenvalue weighted by molar-refractivity contribution is 5.93. The summed E-state index contributed by atoms with van der Waals surface area (Å²) >= 11 is 0. The highest BCUT2D eigenvalue weighted by atomic mass is 16.1. The van der Waals surface area contributed by atoms with Crippen molar-refractivity contribution in [2.24, 2.45) is 11.7 Å².